The molecule has 2 aliphatic rings. The SMILES string of the molecule is O=C(NC[C@H](c1ccco1)N1CCCC1)N1CCSCC1. The highest BCUT2D eigenvalue weighted by Gasteiger charge is 2.26. The number of hydrogen-bond donors (Lipinski definition) is 1. The number of urea groups is 1. The number of carbonyl (C=O) groups is 1. The fourth-order valence-electron chi connectivity index (χ4n) is 3.01. The van der Waals surface area contributed by atoms with Crippen molar-refractivity contribution in [3.05, 3.63) is 24.2 Å². The van der Waals surface area contributed by atoms with Gasteiger partial charge in [0.1, 0.15) is 5.76 Å². The molecular formula is C15H23N3O2S. The molecule has 116 valence electrons. The van der Waals surface area contributed by atoms with Crippen molar-refractivity contribution in [3.8, 4) is 0 Å². The minimum absolute atomic E-state index is 0.0612. The molecule has 6 heteroatoms. The van der Waals surface area contributed by atoms with Gasteiger partial charge in [-0.1, -0.05) is 0 Å². The molecule has 5 nitrogen and oxygen atoms in total. The predicted octanol–water partition coefficient (Wildman–Crippen LogP) is 2.17. The van der Waals surface area contributed by atoms with Gasteiger partial charge >= 0.3 is 6.03 Å². The summed E-state index contributed by atoms with van der Waals surface area (Å²) in [6.45, 7) is 4.50. The van der Waals surface area contributed by atoms with E-state index in [4.69, 9.17) is 4.42 Å². The first-order valence-corrected chi connectivity index (χ1v) is 8.88. The van der Waals surface area contributed by atoms with Crippen LogP contribution in [0, 0.1) is 0 Å². The quantitative estimate of drug-likeness (QED) is 0.926. The summed E-state index contributed by atoms with van der Waals surface area (Å²) in [6, 6.07) is 4.14. The largest absolute Gasteiger partial charge is 0.468 e. The van der Waals surface area contributed by atoms with Gasteiger partial charge < -0.3 is 14.6 Å². The molecule has 1 atom stereocenters. The molecule has 0 unspecified atom stereocenters. The number of furan rings is 1. The molecule has 1 aromatic rings. The number of carbonyl (C=O) groups excluding carboxylic acids is 1. The molecule has 1 N–H and O–H groups in total. The molecule has 21 heavy (non-hydrogen) atoms. The fourth-order valence-corrected chi connectivity index (χ4v) is 3.91. The topological polar surface area (TPSA) is 48.7 Å². The van der Waals surface area contributed by atoms with Crippen LogP contribution in [-0.4, -0.2) is 60.1 Å². The first-order valence-electron chi connectivity index (χ1n) is 7.72. The van der Waals surface area contributed by atoms with Gasteiger partial charge in [-0.05, 0) is 38.1 Å². The van der Waals surface area contributed by atoms with Gasteiger partial charge in [0.15, 0.2) is 0 Å². The van der Waals surface area contributed by atoms with E-state index < -0.39 is 0 Å². The molecule has 2 fully saturated rings. The lowest BCUT2D eigenvalue weighted by molar-refractivity contribution is 0.184. The molecule has 0 bridgehead atoms. The Bertz CT molecular complexity index is 440. The van der Waals surface area contributed by atoms with Crippen molar-refractivity contribution in [1.29, 1.82) is 0 Å². The van der Waals surface area contributed by atoms with Crippen molar-refractivity contribution in [1.82, 2.24) is 15.1 Å². The van der Waals surface area contributed by atoms with E-state index in [1.807, 2.05) is 28.8 Å². The van der Waals surface area contributed by atoms with Crippen LogP contribution in [-0.2, 0) is 0 Å². The second kappa shape index (κ2) is 7.22. The van der Waals surface area contributed by atoms with E-state index in [0.29, 0.717) is 6.54 Å². The maximum absolute atomic E-state index is 12.2. The molecule has 3 rings (SSSR count). The van der Waals surface area contributed by atoms with E-state index in [2.05, 4.69) is 10.2 Å². The molecule has 0 aromatic carbocycles. The fraction of sp³-hybridized carbons (Fsp3) is 0.667. The summed E-state index contributed by atoms with van der Waals surface area (Å²) in [5.41, 5.74) is 0. The summed E-state index contributed by atoms with van der Waals surface area (Å²) in [5.74, 6) is 3.04. The zero-order chi connectivity index (χ0) is 14.5. The number of nitrogens with one attached hydrogen (secondary N) is 1. The molecule has 2 aliphatic heterocycles. The minimum Gasteiger partial charge on any atom is -0.468 e. The number of amides is 2. The number of rotatable bonds is 4. The number of nitrogens with zero attached hydrogens (tertiary/aromatic N) is 2. The third-order valence-electron chi connectivity index (χ3n) is 4.20. The van der Waals surface area contributed by atoms with Crippen LogP contribution in [0.4, 0.5) is 4.79 Å². The standard InChI is InChI=1S/C15H23N3O2S/c19-15(18-7-10-21-11-8-18)16-12-13(14-4-3-9-20-14)17-5-1-2-6-17/h3-4,9,13H,1-2,5-8,10-12H2,(H,16,19)/t13-/m1/s1. The lowest BCUT2D eigenvalue weighted by atomic mass is 10.2. The lowest BCUT2D eigenvalue weighted by Gasteiger charge is -2.29. The van der Waals surface area contributed by atoms with E-state index in [0.717, 1.165) is 43.4 Å². The van der Waals surface area contributed by atoms with Crippen LogP contribution in [0.3, 0.4) is 0 Å². The third-order valence-corrected chi connectivity index (χ3v) is 5.14. The summed E-state index contributed by atoms with van der Waals surface area (Å²) < 4.78 is 5.58. The average molecular weight is 309 g/mol. The van der Waals surface area contributed by atoms with Crippen LogP contribution >= 0.6 is 11.8 Å². The van der Waals surface area contributed by atoms with E-state index in [9.17, 15) is 4.79 Å². The molecule has 3 heterocycles. The Morgan fingerprint density at radius 2 is 2.05 bits per heavy atom. The second-order valence-electron chi connectivity index (χ2n) is 5.56. The summed E-state index contributed by atoms with van der Waals surface area (Å²) in [4.78, 5) is 16.6. The van der Waals surface area contributed by atoms with Gasteiger partial charge in [0, 0.05) is 31.1 Å². The van der Waals surface area contributed by atoms with E-state index >= 15 is 0 Å². The van der Waals surface area contributed by atoms with Gasteiger partial charge in [-0.25, -0.2) is 4.79 Å². The molecule has 2 amide bonds. The molecule has 0 spiro atoms. The van der Waals surface area contributed by atoms with Crippen LogP contribution in [0.5, 0.6) is 0 Å². The third kappa shape index (κ3) is 3.74. The predicted molar refractivity (Wildman–Crippen MR) is 84.6 cm³/mol. The smallest absolute Gasteiger partial charge is 0.317 e. The van der Waals surface area contributed by atoms with Gasteiger partial charge in [0.25, 0.3) is 0 Å². The highest BCUT2D eigenvalue weighted by Crippen LogP contribution is 2.25. The van der Waals surface area contributed by atoms with Gasteiger partial charge in [-0.15, -0.1) is 0 Å². The van der Waals surface area contributed by atoms with Crippen LogP contribution in [0.25, 0.3) is 0 Å². The molecule has 2 saturated heterocycles. The van der Waals surface area contributed by atoms with Crippen LogP contribution < -0.4 is 5.32 Å². The lowest BCUT2D eigenvalue weighted by Crippen LogP contribution is -2.46. The van der Waals surface area contributed by atoms with Crippen LogP contribution in [0.2, 0.25) is 0 Å². The van der Waals surface area contributed by atoms with Gasteiger partial charge in [0.05, 0.1) is 12.3 Å². The summed E-state index contributed by atoms with van der Waals surface area (Å²) in [5, 5.41) is 3.09. The summed E-state index contributed by atoms with van der Waals surface area (Å²) >= 11 is 1.91. The van der Waals surface area contributed by atoms with Crippen molar-refractivity contribution < 1.29 is 9.21 Å². The number of hydrogen-bond acceptors (Lipinski definition) is 4. The Morgan fingerprint density at radius 1 is 1.29 bits per heavy atom. The molecular weight excluding hydrogens is 286 g/mol. The molecule has 1 aromatic heterocycles. The first-order chi connectivity index (χ1) is 10.3. The summed E-state index contributed by atoms with van der Waals surface area (Å²) in [7, 11) is 0. The van der Waals surface area contributed by atoms with Crippen LogP contribution in [0.15, 0.2) is 22.8 Å². The molecule has 0 radical (unpaired) electrons. The number of thioether (sulfide) groups is 1. The van der Waals surface area contributed by atoms with Gasteiger partial charge in [-0.2, -0.15) is 11.8 Å². The first kappa shape index (κ1) is 14.8. The van der Waals surface area contributed by atoms with Gasteiger partial charge in [0.2, 0.25) is 0 Å². The Hall–Kier alpha value is -1.14. The van der Waals surface area contributed by atoms with Crippen LogP contribution in [0.1, 0.15) is 24.6 Å². The van der Waals surface area contributed by atoms with E-state index in [1.165, 1.54) is 12.8 Å². The normalized spacial score (nSPS) is 21.4. The number of likely N-dealkylation sites (tertiary alicyclic amines) is 1. The monoisotopic (exact) mass is 309 g/mol. The van der Waals surface area contributed by atoms with Crippen molar-refractivity contribution in [2.24, 2.45) is 0 Å². The molecule has 0 saturated carbocycles. The summed E-state index contributed by atoms with van der Waals surface area (Å²) in [6.07, 6.45) is 4.17. The van der Waals surface area contributed by atoms with Crippen molar-refractivity contribution in [2.75, 3.05) is 44.2 Å². The van der Waals surface area contributed by atoms with Crippen molar-refractivity contribution in [3.63, 3.8) is 0 Å². The Morgan fingerprint density at radius 3 is 2.71 bits per heavy atom. The Balaban J connectivity index is 1.58. The highest BCUT2D eigenvalue weighted by molar-refractivity contribution is 7.99. The average Bonchev–Trinajstić information content (AvgIpc) is 3.22. The maximum atomic E-state index is 12.2. The van der Waals surface area contributed by atoms with E-state index in [1.54, 1.807) is 6.26 Å². The Labute approximate surface area is 130 Å². The zero-order valence-electron chi connectivity index (χ0n) is 12.3. The van der Waals surface area contributed by atoms with Crippen molar-refractivity contribution in [2.45, 2.75) is 18.9 Å². The Kier molecular flexibility index (Phi) is 5.08. The second-order valence-corrected chi connectivity index (χ2v) is 6.78. The highest BCUT2D eigenvalue weighted by atomic mass is 32.2. The minimum atomic E-state index is 0.0612. The zero-order valence-corrected chi connectivity index (χ0v) is 13.1. The molecule has 0 aliphatic carbocycles. The van der Waals surface area contributed by atoms with Gasteiger partial charge in [-0.3, -0.25) is 4.90 Å². The maximum Gasteiger partial charge on any atom is 0.317 e. The van der Waals surface area contributed by atoms with E-state index in [-0.39, 0.29) is 12.1 Å². The van der Waals surface area contributed by atoms with Crippen molar-refractivity contribution >= 4 is 17.8 Å².